The van der Waals surface area contributed by atoms with Crippen molar-refractivity contribution in [3.05, 3.63) is 64.8 Å². The van der Waals surface area contributed by atoms with Gasteiger partial charge in [0.05, 0.1) is 10.4 Å². The lowest BCUT2D eigenvalue weighted by atomic mass is 10.1. The van der Waals surface area contributed by atoms with Gasteiger partial charge >= 0.3 is 5.97 Å². The van der Waals surface area contributed by atoms with Crippen LogP contribution in [0.1, 0.15) is 22.3 Å². The molecule has 3 N–H and O–H groups in total. The number of aliphatic carboxylic acids is 1. The number of rotatable bonds is 5. The van der Waals surface area contributed by atoms with Crippen LogP contribution in [0.2, 0.25) is 0 Å². The second kappa shape index (κ2) is 6.83. The normalized spacial score (nSPS) is 13.0. The zero-order chi connectivity index (χ0) is 19.9. The predicted octanol–water partition coefficient (Wildman–Crippen LogP) is 2.76. The minimum atomic E-state index is -3.85. The third-order valence-corrected chi connectivity index (χ3v) is 6.62. The van der Waals surface area contributed by atoms with Crippen LogP contribution >= 0.6 is 0 Å². The lowest BCUT2D eigenvalue weighted by Crippen LogP contribution is -2.32. The van der Waals surface area contributed by atoms with E-state index < -0.39 is 22.0 Å². The van der Waals surface area contributed by atoms with Gasteiger partial charge in [0.15, 0.2) is 0 Å². The zero-order valence-electron chi connectivity index (χ0n) is 15.4. The maximum absolute atomic E-state index is 13.4. The van der Waals surface area contributed by atoms with Crippen LogP contribution in [0, 0.1) is 20.8 Å². The van der Waals surface area contributed by atoms with Crippen LogP contribution in [0.4, 0.5) is 0 Å². The molecule has 1 atom stereocenters. The van der Waals surface area contributed by atoms with Crippen molar-refractivity contribution in [3.8, 4) is 0 Å². The van der Waals surface area contributed by atoms with Gasteiger partial charge in [-0.3, -0.25) is 4.79 Å². The number of nitrogens with two attached hydrogens (primary N) is 1. The Morgan fingerprint density at radius 2 is 1.74 bits per heavy atom. The van der Waals surface area contributed by atoms with Gasteiger partial charge in [-0.25, -0.2) is 12.4 Å². The van der Waals surface area contributed by atoms with E-state index in [0.717, 1.165) is 5.56 Å². The van der Waals surface area contributed by atoms with Crippen LogP contribution in [0.15, 0.2) is 47.5 Å². The summed E-state index contributed by atoms with van der Waals surface area (Å²) in [7, 11) is -3.85. The molecule has 2 aromatic carbocycles. The molecule has 0 spiro atoms. The highest BCUT2D eigenvalue weighted by Gasteiger charge is 2.26. The Bertz CT molecular complexity index is 1120. The molecule has 0 aliphatic rings. The molecular formula is C20H22N2O4S. The van der Waals surface area contributed by atoms with Gasteiger partial charge in [-0.1, -0.05) is 35.9 Å². The van der Waals surface area contributed by atoms with E-state index >= 15 is 0 Å². The molecule has 3 aromatic rings. The number of aromatic nitrogens is 1. The molecule has 6 nitrogen and oxygen atoms in total. The van der Waals surface area contributed by atoms with E-state index in [-0.39, 0.29) is 11.3 Å². The number of hydrogen-bond donors (Lipinski definition) is 2. The summed E-state index contributed by atoms with van der Waals surface area (Å²) in [5, 5.41) is 9.79. The molecule has 0 fully saturated rings. The average Bonchev–Trinajstić information content (AvgIpc) is 2.93. The van der Waals surface area contributed by atoms with E-state index in [1.165, 1.54) is 10.2 Å². The predicted molar refractivity (Wildman–Crippen MR) is 104 cm³/mol. The Hall–Kier alpha value is -2.64. The summed E-state index contributed by atoms with van der Waals surface area (Å²) >= 11 is 0. The number of carbonyl (C=O) groups is 1. The van der Waals surface area contributed by atoms with Crippen molar-refractivity contribution in [3.63, 3.8) is 0 Å². The van der Waals surface area contributed by atoms with Crippen molar-refractivity contribution in [2.45, 2.75) is 38.1 Å². The van der Waals surface area contributed by atoms with Gasteiger partial charge in [0, 0.05) is 18.0 Å². The molecule has 0 amide bonds. The summed E-state index contributed by atoms with van der Waals surface area (Å²) in [6.45, 7) is 5.48. The highest BCUT2D eigenvalue weighted by Crippen LogP contribution is 2.30. The maximum Gasteiger partial charge on any atom is 0.320 e. The molecular weight excluding hydrogens is 364 g/mol. The first-order valence-electron chi connectivity index (χ1n) is 8.53. The SMILES string of the molecule is Cc1cc(C)c(S(=O)(=O)n2cc(C[C@@H](N)C(=O)O)c3ccccc32)c(C)c1. The largest absolute Gasteiger partial charge is 0.480 e. The number of benzene rings is 2. The number of hydrogen-bond acceptors (Lipinski definition) is 4. The molecule has 0 saturated carbocycles. The molecule has 0 saturated heterocycles. The van der Waals surface area contributed by atoms with Crippen molar-refractivity contribution in [1.29, 1.82) is 0 Å². The Kier molecular flexibility index (Phi) is 4.84. The van der Waals surface area contributed by atoms with Gasteiger partial charge in [-0.05, 0) is 43.5 Å². The monoisotopic (exact) mass is 386 g/mol. The standard InChI is InChI=1S/C20H22N2O4S/c1-12-8-13(2)19(14(3)9-12)27(25,26)22-11-15(10-17(21)20(23)24)16-6-4-5-7-18(16)22/h4-9,11,17H,10,21H2,1-3H3,(H,23,24)/t17-/m1/s1. The quantitative estimate of drug-likeness (QED) is 0.702. The third kappa shape index (κ3) is 3.36. The maximum atomic E-state index is 13.4. The molecule has 0 unspecified atom stereocenters. The van der Waals surface area contributed by atoms with Crippen molar-refractivity contribution in [2.75, 3.05) is 0 Å². The van der Waals surface area contributed by atoms with Crippen LogP contribution in [-0.4, -0.2) is 29.5 Å². The van der Waals surface area contributed by atoms with E-state index in [0.29, 0.717) is 27.6 Å². The van der Waals surface area contributed by atoms with Crippen LogP contribution in [0.3, 0.4) is 0 Å². The van der Waals surface area contributed by atoms with Crippen molar-refractivity contribution in [2.24, 2.45) is 5.73 Å². The minimum absolute atomic E-state index is 0.0459. The Morgan fingerprint density at radius 1 is 1.15 bits per heavy atom. The first kappa shape index (κ1) is 19.1. The summed E-state index contributed by atoms with van der Waals surface area (Å²) in [5.74, 6) is -1.13. The summed E-state index contributed by atoms with van der Waals surface area (Å²) in [5.41, 5.74) is 9.11. The smallest absolute Gasteiger partial charge is 0.320 e. The lowest BCUT2D eigenvalue weighted by Gasteiger charge is -2.14. The van der Waals surface area contributed by atoms with Crippen molar-refractivity contribution < 1.29 is 18.3 Å². The van der Waals surface area contributed by atoms with Gasteiger partial charge in [0.2, 0.25) is 0 Å². The molecule has 1 heterocycles. The number of carboxylic acid groups (broad SMARTS) is 1. The Morgan fingerprint density at radius 3 is 2.33 bits per heavy atom. The average molecular weight is 386 g/mol. The minimum Gasteiger partial charge on any atom is -0.480 e. The second-order valence-corrected chi connectivity index (χ2v) is 8.60. The van der Waals surface area contributed by atoms with Crippen LogP contribution < -0.4 is 5.73 Å². The molecule has 3 rings (SSSR count). The molecule has 0 radical (unpaired) electrons. The first-order chi connectivity index (χ1) is 12.6. The number of nitrogens with zero attached hydrogens (tertiary/aromatic N) is 1. The highest BCUT2D eigenvalue weighted by molar-refractivity contribution is 7.90. The van der Waals surface area contributed by atoms with E-state index in [1.54, 1.807) is 38.1 Å². The third-order valence-electron chi connectivity index (χ3n) is 4.64. The molecule has 142 valence electrons. The number of para-hydroxylation sites is 1. The van der Waals surface area contributed by atoms with Crippen molar-refractivity contribution >= 4 is 26.9 Å². The number of fused-ring (bicyclic) bond motifs is 1. The first-order valence-corrected chi connectivity index (χ1v) is 9.97. The molecule has 0 aliphatic carbocycles. The lowest BCUT2D eigenvalue weighted by molar-refractivity contribution is -0.138. The number of carboxylic acids is 1. The van der Waals surface area contributed by atoms with Crippen molar-refractivity contribution in [1.82, 2.24) is 3.97 Å². The fourth-order valence-electron chi connectivity index (χ4n) is 3.58. The molecule has 27 heavy (non-hydrogen) atoms. The summed E-state index contributed by atoms with van der Waals surface area (Å²) in [6.07, 6.45) is 1.53. The van der Waals surface area contributed by atoms with Gasteiger partial charge in [-0.15, -0.1) is 0 Å². The van der Waals surface area contributed by atoms with Crippen LogP contribution in [0.5, 0.6) is 0 Å². The molecule has 7 heteroatoms. The fourth-order valence-corrected chi connectivity index (χ4v) is 5.39. The molecule has 1 aromatic heterocycles. The van der Waals surface area contributed by atoms with Crippen LogP contribution in [-0.2, 0) is 21.2 Å². The zero-order valence-corrected chi connectivity index (χ0v) is 16.2. The Balaban J connectivity index is 2.24. The summed E-state index contributed by atoms with van der Waals surface area (Å²) in [4.78, 5) is 11.4. The summed E-state index contributed by atoms with van der Waals surface area (Å²) < 4.78 is 28.1. The summed E-state index contributed by atoms with van der Waals surface area (Å²) in [6, 6.07) is 9.61. The van der Waals surface area contributed by atoms with E-state index in [2.05, 4.69) is 0 Å². The van der Waals surface area contributed by atoms with E-state index in [4.69, 9.17) is 10.8 Å². The second-order valence-electron chi connectivity index (χ2n) is 6.85. The number of aryl methyl sites for hydroxylation is 3. The Labute approximate surface area is 158 Å². The molecule has 0 bridgehead atoms. The van der Waals surface area contributed by atoms with Crippen LogP contribution in [0.25, 0.3) is 10.9 Å². The highest BCUT2D eigenvalue weighted by atomic mass is 32.2. The van der Waals surface area contributed by atoms with Gasteiger partial charge in [0.25, 0.3) is 10.0 Å². The van der Waals surface area contributed by atoms with E-state index in [1.807, 2.05) is 19.1 Å². The van der Waals surface area contributed by atoms with E-state index in [9.17, 15) is 13.2 Å². The van der Waals surface area contributed by atoms with Gasteiger partial charge < -0.3 is 10.8 Å². The fraction of sp³-hybridized carbons (Fsp3) is 0.250. The van der Waals surface area contributed by atoms with Gasteiger partial charge in [-0.2, -0.15) is 0 Å². The molecule has 0 aliphatic heterocycles. The topological polar surface area (TPSA) is 102 Å². The van der Waals surface area contributed by atoms with Gasteiger partial charge in [0.1, 0.15) is 6.04 Å².